The summed E-state index contributed by atoms with van der Waals surface area (Å²) in [6.07, 6.45) is 0. The van der Waals surface area contributed by atoms with Crippen molar-refractivity contribution in [2.45, 2.75) is 18.7 Å². The molecular weight excluding hydrogens is 400 g/mol. The summed E-state index contributed by atoms with van der Waals surface area (Å²) in [5, 5.41) is 0.712. The Balaban J connectivity index is 1.85. The van der Waals surface area contributed by atoms with E-state index in [1.165, 1.54) is 24.6 Å². The lowest BCUT2D eigenvalue weighted by Gasteiger charge is -2.36. The van der Waals surface area contributed by atoms with Gasteiger partial charge in [-0.2, -0.15) is 4.31 Å². The van der Waals surface area contributed by atoms with Gasteiger partial charge in [0.2, 0.25) is 10.0 Å². The first-order valence-electron chi connectivity index (χ1n) is 9.02. The van der Waals surface area contributed by atoms with Gasteiger partial charge in [-0.1, -0.05) is 17.7 Å². The van der Waals surface area contributed by atoms with Crippen molar-refractivity contribution in [3.63, 3.8) is 0 Å². The largest absolute Gasteiger partial charge is 0.496 e. The van der Waals surface area contributed by atoms with Crippen molar-refractivity contribution in [3.05, 3.63) is 46.5 Å². The van der Waals surface area contributed by atoms with Crippen molar-refractivity contribution in [2.75, 3.05) is 45.3 Å². The molecule has 0 amide bonds. The van der Waals surface area contributed by atoms with Crippen molar-refractivity contribution in [1.29, 1.82) is 0 Å². The Morgan fingerprint density at radius 2 is 1.61 bits per heavy atom. The maximum atomic E-state index is 13.3. The number of hydrogen-bond donors (Lipinski definition) is 0. The van der Waals surface area contributed by atoms with Gasteiger partial charge < -0.3 is 14.4 Å². The summed E-state index contributed by atoms with van der Waals surface area (Å²) >= 11 is 6.23. The number of methoxy groups -OCH3 is 2. The molecule has 1 aliphatic rings. The molecule has 0 N–H and O–H groups in total. The summed E-state index contributed by atoms with van der Waals surface area (Å²) in [7, 11) is -0.705. The number of sulfonamides is 1. The second-order valence-corrected chi connectivity index (χ2v) is 9.06. The van der Waals surface area contributed by atoms with E-state index >= 15 is 0 Å². The fraction of sp³-hybridized carbons (Fsp3) is 0.400. The van der Waals surface area contributed by atoms with E-state index in [1.807, 2.05) is 32.0 Å². The molecule has 2 aromatic rings. The molecule has 0 spiro atoms. The summed E-state index contributed by atoms with van der Waals surface area (Å²) in [4.78, 5) is 2.30. The monoisotopic (exact) mass is 424 g/mol. The first-order chi connectivity index (χ1) is 13.3. The zero-order chi connectivity index (χ0) is 20.5. The minimum Gasteiger partial charge on any atom is -0.496 e. The van der Waals surface area contributed by atoms with Crippen molar-refractivity contribution < 1.29 is 17.9 Å². The van der Waals surface area contributed by atoms with Gasteiger partial charge in [0.1, 0.15) is 16.4 Å². The molecule has 0 saturated carbocycles. The average Bonchev–Trinajstić information content (AvgIpc) is 2.69. The Morgan fingerprint density at radius 1 is 0.964 bits per heavy atom. The molecule has 0 aliphatic carbocycles. The molecule has 0 aromatic heterocycles. The Bertz CT molecular complexity index is 970. The van der Waals surface area contributed by atoms with E-state index in [-0.39, 0.29) is 4.90 Å². The van der Waals surface area contributed by atoms with E-state index in [2.05, 4.69) is 4.90 Å². The van der Waals surface area contributed by atoms with Crippen molar-refractivity contribution in [3.8, 4) is 11.5 Å². The highest BCUT2D eigenvalue weighted by molar-refractivity contribution is 7.89. The van der Waals surface area contributed by atoms with Gasteiger partial charge in [-0.15, -0.1) is 0 Å². The lowest BCUT2D eigenvalue weighted by Crippen LogP contribution is -2.48. The molecule has 0 atom stereocenters. The van der Waals surface area contributed by atoms with Crippen LogP contribution in [-0.4, -0.2) is 53.1 Å². The van der Waals surface area contributed by atoms with Gasteiger partial charge in [-0.25, -0.2) is 8.42 Å². The molecule has 1 heterocycles. The van der Waals surface area contributed by atoms with Gasteiger partial charge in [-0.05, 0) is 43.2 Å². The molecule has 152 valence electrons. The number of aryl methyl sites for hydroxylation is 1. The van der Waals surface area contributed by atoms with E-state index in [0.717, 1.165) is 16.8 Å². The molecule has 1 aliphatic heterocycles. The topological polar surface area (TPSA) is 59.1 Å². The van der Waals surface area contributed by atoms with Crippen molar-refractivity contribution >= 4 is 27.3 Å². The molecular formula is C20H25ClN2O4S. The Labute approximate surface area is 171 Å². The quantitative estimate of drug-likeness (QED) is 0.735. The molecule has 2 aromatic carbocycles. The van der Waals surface area contributed by atoms with Crippen molar-refractivity contribution in [2.24, 2.45) is 0 Å². The van der Waals surface area contributed by atoms with Crippen LogP contribution in [0.2, 0.25) is 5.02 Å². The van der Waals surface area contributed by atoms with Crippen LogP contribution in [0.4, 0.5) is 5.69 Å². The molecule has 3 rings (SSSR count). The van der Waals surface area contributed by atoms with Crippen LogP contribution in [0.1, 0.15) is 11.1 Å². The average molecular weight is 425 g/mol. The summed E-state index contributed by atoms with van der Waals surface area (Å²) in [6, 6.07) is 9.02. The third-order valence-electron chi connectivity index (χ3n) is 5.12. The predicted octanol–water partition coefficient (Wildman–Crippen LogP) is 3.48. The fourth-order valence-corrected chi connectivity index (χ4v) is 5.22. The SMILES string of the molecule is COc1cc(S(=O)(=O)N2CCN(c3cccc(Cl)c3C)CC2)c(OC)cc1C. The summed E-state index contributed by atoms with van der Waals surface area (Å²) in [5.41, 5.74) is 2.86. The fourth-order valence-electron chi connectivity index (χ4n) is 3.47. The number of ether oxygens (including phenoxy) is 2. The lowest BCUT2D eigenvalue weighted by molar-refractivity contribution is 0.370. The van der Waals surface area contributed by atoms with Crippen LogP contribution in [0, 0.1) is 13.8 Å². The number of piperazine rings is 1. The highest BCUT2D eigenvalue weighted by Crippen LogP contribution is 2.34. The van der Waals surface area contributed by atoms with Crippen LogP contribution in [0.25, 0.3) is 0 Å². The number of halogens is 1. The van der Waals surface area contributed by atoms with Crippen LogP contribution in [-0.2, 0) is 10.0 Å². The highest BCUT2D eigenvalue weighted by atomic mass is 35.5. The van der Waals surface area contributed by atoms with E-state index < -0.39 is 10.0 Å². The van der Waals surface area contributed by atoms with E-state index in [1.54, 1.807) is 6.07 Å². The van der Waals surface area contributed by atoms with E-state index in [4.69, 9.17) is 21.1 Å². The smallest absolute Gasteiger partial charge is 0.247 e. The van der Waals surface area contributed by atoms with Gasteiger partial charge in [0.05, 0.1) is 14.2 Å². The van der Waals surface area contributed by atoms with Gasteiger partial charge in [0.15, 0.2) is 0 Å². The second-order valence-electron chi connectivity index (χ2n) is 6.75. The highest BCUT2D eigenvalue weighted by Gasteiger charge is 2.32. The number of benzene rings is 2. The first kappa shape index (κ1) is 20.8. The Kier molecular flexibility index (Phi) is 6.07. The minimum atomic E-state index is -3.70. The Hall–Kier alpha value is -1.96. The number of nitrogens with zero attached hydrogens (tertiary/aromatic N) is 2. The molecule has 1 saturated heterocycles. The maximum Gasteiger partial charge on any atom is 0.247 e. The number of rotatable bonds is 5. The van der Waals surface area contributed by atoms with Crippen LogP contribution < -0.4 is 14.4 Å². The molecule has 28 heavy (non-hydrogen) atoms. The summed E-state index contributed by atoms with van der Waals surface area (Å²) < 4.78 is 38.7. The second kappa shape index (κ2) is 8.19. The maximum absolute atomic E-state index is 13.3. The number of anilines is 1. The predicted molar refractivity (Wildman–Crippen MR) is 111 cm³/mol. The molecule has 6 nitrogen and oxygen atoms in total. The van der Waals surface area contributed by atoms with Gasteiger partial charge in [0.25, 0.3) is 0 Å². The van der Waals surface area contributed by atoms with Gasteiger partial charge in [-0.3, -0.25) is 0 Å². The zero-order valence-corrected chi connectivity index (χ0v) is 18.1. The third kappa shape index (κ3) is 3.79. The molecule has 1 fully saturated rings. The normalized spacial score (nSPS) is 15.5. The molecule has 0 unspecified atom stereocenters. The number of hydrogen-bond acceptors (Lipinski definition) is 5. The molecule has 0 bridgehead atoms. The zero-order valence-electron chi connectivity index (χ0n) is 16.5. The first-order valence-corrected chi connectivity index (χ1v) is 10.8. The third-order valence-corrected chi connectivity index (χ3v) is 7.45. The lowest BCUT2D eigenvalue weighted by atomic mass is 10.1. The van der Waals surface area contributed by atoms with Crippen LogP contribution in [0.5, 0.6) is 11.5 Å². The van der Waals surface area contributed by atoms with E-state index in [0.29, 0.717) is 42.7 Å². The van der Waals surface area contributed by atoms with Crippen LogP contribution >= 0.6 is 11.6 Å². The molecule has 8 heteroatoms. The Morgan fingerprint density at radius 3 is 2.21 bits per heavy atom. The van der Waals surface area contributed by atoms with Crippen LogP contribution in [0.3, 0.4) is 0 Å². The van der Waals surface area contributed by atoms with Crippen molar-refractivity contribution in [1.82, 2.24) is 4.31 Å². The molecule has 0 radical (unpaired) electrons. The summed E-state index contributed by atoms with van der Waals surface area (Å²) in [5.74, 6) is 0.846. The standard InChI is InChI=1S/C20H25ClN2O4S/c1-14-12-19(27-4)20(13-18(14)26-3)28(24,25)23-10-8-22(9-11-23)17-7-5-6-16(21)15(17)2/h5-7,12-13H,8-11H2,1-4H3. The van der Waals surface area contributed by atoms with Crippen LogP contribution in [0.15, 0.2) is 35.2 Å². The van der Waals surface area contributed by atoms with E-state index in [9.17, 15) is 8.42 Å². The van der Waals surface area contributed by atoms with Gasteiger partial charge in [0, 0.05) is 43.0 Å². The summed E-state index contributed by atoms with van der Waals surface area (Å²) in [6.45, 7) is 5.77. The van der Waals surface area contributed by atoms with Gasteiger partial charge >= 0.3 is 0 Å². The minimum absolute atomic E-state index is 0.129.